The molecule has 9 heteroatoms. The number of rotatable bonds is 10. The van der Waals surface area contributed by atoms with Gasteiger partial charge in [0.05, 0.1) is 18.9 Å². The van der Waals surface area contributed by atoms with Crippen molar-refractivity contribution in [2.45, 2.75) is 57.7 Å². The average molecular weight is 338 g/mol. The zero-order valence-corrected chi connectivity index (χ0v) is 13.3. The number of carbonyl (C=O) groups is 3. The molecule has 0 radical (unpaired) electrons. The minimum atomic E-state index is -2.74. The lowest BCUT2D eigenvalue weighted by molar-refractivity contribution is -0.170. The molecular formula is C14H26O9. The van der Waals surface area contributed by atoms with Gasteiger partial charge in [0.25, 0.3) is 0 Å². The highest BCUT2D eigenvalue weighted by Gasteiger charge is 2.40. The predicted molar refractivity (Wildman–Crippen MR) is 78.9 cm³/mol. The third-order valence-electron chi connectivity index (χ3n) is 3.17. The minimum absolute atomic E-state index is 0.0833. The predicted octanol–water partition coefficient (Wildman–Crippen LogP) is -0.0826. The quantitative estimate of drug-likeness (QED) is 0.318. The second kappa shape index (κ2) is 11.8. The molecule has 0 amide bonds. The maximum atomic E-state index is 10.3. The van der Waals surface area contributed by atoms with Gasteiger partial charge in [-0.3, -0.25) is 9.59 Å². The highest BCUT2D eigenvalue weighted by Crippen LogP contribution is 2.15. The van der Waals surface area contributed by atoms with Crippen molar-refractivity contribution in [1.29, 1.82) is 0 Å². The van der Waals surface area contributed by atoms with Crippen LogP contribution in [-0.2, 0) is 14.4 Å². The van der Waals surface area contributed by atoms with Gasteiger partial charge < -0.3 is 30.6 Å². The summed E-state index contributed by atoms with van der Waals surface area (Å²) >= 11 is 0. The van der Waals surface area contributed by atoms with Crippen LogP contribution < -0.4 is 0 Å². The van der Waals surface area contributed by atoms with Crippen LogP contribution in [0.1, 0.15) is 46.0 Å². The fourth-order valence-corrected chi connectivity index (χ4v) is 1.77. The van der Waals surface area contributed by atoms with Gasteiger partial charge in [0.15, 0.2) is 5.60 Å². The van der Waals surface area contributed by atoms with Gasteiger partial charge in [-0.05, 0) is 12.8 Å². The molecule has 6 N–H and O–H groups in total. The summed E-state index contributed by atoms with van der Waals surface area (Å²) < 4.78 is 0. The van der Waals surface area contributed by atoms with Gasteiger partial charge in [0.1, 0.15) is 0 Å². The van der Waals surface area contributed by atoms with Crippen molar-refractivity contribution in [3.8, 4) is 0 Å². The topological polar surface area (TPSA) is 173 Å². The molecule has 136 valence electrons. The highest BCUT2D eigenvalue weighted by molar-refractivity contribution is 5.88. The third kappa shape index (κ3) is 10.6. The van der Waals surface area contributed by atoms with E-state index in [2.05, 4.69) is 0 Å². The second-order valence-electron chi connectivity index (χ2n) is 5.18. The first kappa shape index (κ1) is 23.6. The van der Waals surface area contributed by atoms with Gasteiger partial charge in [-0.2, -0.15) is 0 Å². The molecule has 0 saturated carbocycles. The summed E-state index contributed by atoms with van der Waals surface area (Å²) in [6.07, 6.45) is 0.0532. The standard InChI is InChI=1S/C8H18O2.C6H8O7/c1-3-5-8(10)7(4-2)6-9;7-3(8)1-6(13,5(11)12)2-4(9)10/h7-10H,3-6H2,1-2H3;13H,1-2H2,(H,7,8)(H,9,10)(H,11,12). The van der Waals surface area contributed by atoms with Crippen LogP contribution in [0.25, 0.3) is 0 Å². The number of aliphatic hydroxyl groups is 3. The molecule has 0 aromatic carbocycles. The van der Waals surface area contributed by atoms with Crippen LogP contribution in [0.4, 0.5) is 0 Å². The van der Waals surface area contributed by atoms with Gasteiger partial charge in [-0.1, -0.05) is 20.3 Å². The molecule has 0 fully saturated rings. The Morgan fingerprint density at radius 3 is 1.65 bits per heavy atom. The van der Waals surface area contributed by atoms with E-state index in [9.17, 15) is 19.5 Å². The number of carboxylic acids is 3. The molecule has 23 heavy (non-hydrogen) atoms. The molecule has 0 saturated heterocycles. The first-order valence-electron chi connectivity index (χ1n) is 7.22. The van der Waals surface area contributed by atoms with E-state index in [-0.39, 0.29) is 18.6 Å². The molecule has 9 nitrogen and oxygen atoms in total. The van der Waals surface area contributed by atoms with Crippen LogP contribution in [0.15, 0.2) is 0 Å². The van der Waals surface area contributed by atoms with Crippen LogP contribution >= 0.6 is 0 Å². The fraction of sp³-hybridized carbons (Fsp3) is 0.786. The van der Waals surface area contributed by atoms with Crippen molar-refractivity contribution >= 4 is 17.9 Å². The monoisotopic (exact) mass is 338 g/mol. The average Bonchev–Trinajstić information content (AvgIpc) is 2.39. The van der Waals surface area contributed by atoms with E-state index in [1.807, 2.05) is 13.8 Å². The number of aliphatic hydroxyl groups excluding tert-OH is 2. The number of carboxylic acid groups (broad SMARTS) is 3. The number of hydrogen-bond donors (Lipinski definition) is 6. The van der Waals surface area contributed by atoms with Crippen LogP contribution in [0.2, 0.25) is 0 Å². The van der Waals surface area contributed by atoms with Crippen molar-refractivity contribution in [2.75, 3.05) is 6.61 Å². The van der Waals surface area contributed by atoms with Gasteiger partial charge in [-0.25, -0.2) is 4.79 Å². The summed E-state index contributed by atoms with van der Waals surface area (Å²) in [6, 6.07) is 0. The van der Waals surface area contributed by atoms with E-state index in [0.29, 0.717) is 0 Å². The fourth-order valence-electron chi connectivity index (χ4n) is 1.77. The van der Waals surface area contributed by atoms with Crippen LogP contribution in [0, 0.1) is 5.92 Å². The molecule has 2 atom stereocenters. The SMILES string of the molecule is CCCC(O)C(CC)CO.O=C(O)CC(O)(CC(=O)O)C(=O)O. The molecule has 0 rings (SSSR count). The summed E-state index contributed by atoms with van der Waals surface area (Å²) in [5.74, 6) is -4.94. The first-order chi connectivity index (χ1) is 10.5. The van der Waals surface area contributed by atoms with Crippen molar-refractivity contribution < 1.29 is 45.0 Å². The molecule has 2 unspecified atom stereocenters. The first-order valence-corrected chi connectivity index (χ1v) is 7.22. The summed E-state index contributed by atoms with van der Waals surface area (Å²) in [6.45, 7) is 4.13. The molecule has 0 aliphatic carbocycles. The molecule has 0 spiro atoms. The van der Waals surface area contributed by atoms with Crippen LogP contribution in [-0.4, -0.2) is 66.9 Å². The normalized spacial score (nSPS) is 13.4. The van der Waals surface area contributed by atoms with Gasteiger partial charge in [0.2, 0.25) is 0 Å². The number of aliphatic carboxylic acids is 3. The summed E-state index contributed by atoms with van der Waals surface area (Å²) in [5.41, 5.74) is -2.74. The summed E-state index contributed by atoms with van der Waals surface area (Å²) in [4.78, 5) is 30.5. The molecule has 0 aliphatic rings. The minimum Gasteiger partial charge on any atom is -0.481 e. The number of hydrogen-bond acceptors (Lipinski definition) is 6. The largest absolute Gasteiger partial charge is 0.481 e. The molecule has 0 heterocycles. The Labute approximate surface area is 134 Å². The van der Waals surface area contributed by atoms with E-state index in [0.717, 1.165) is 19.3 Å². The molecule has 0 aromatic rings. The molecule has 0 bridgehead atoms. The second-order valence-corrected chi connectivity index (χ2v) is 5.18. The van der Waals surface area contributed by atoms with Gasteiger partial charge in [-0.15, -0.1) is 0 Å². The maximum absolute atomic E-state index is 10.3. The van der Waals surface area contributed by atoms with Gasteiger partial charge in [0, 0.05) is 12.5 Å². The van der Waals surface area contributed by atoms with E-state index < -0.39 is 36.4 Å². The van der Waals surface area contributed by atoms with Crippen molar-refractivity contribution in [1.82, 2.24) is 0 Å². The summed E-state index contributed by atoms with van der Waals surface area (Å²) in [7, 11) is 0. The Kier molecular flexibility index (Phi) is 12.1. The molecule has 0 aromatic heterocycles. The van der Waals surface area contributed by atoms with E-state index >= 15 is 0 Å². The Hall–Kier alpha value is -1.71. The van der Waals surface area contributed by atoms with Crippen molar-refractivity contribution in [3.63, 3.8) is 0 Å². The van der Waals surface area contributed by atoms with E-state index in [4.69, 9.17) is 25.5 Å². The summed E-state index contributed by atoms with van der Waals surface area (Å²) in [5, 5.41) is 51.9. The Bertz CT molecular complexity index is 360. The van der Waals surface area contributed by atoms with Crippen LogP contribution in [0.5, 0.6) is 0 Å². The molecular weight excluding hydrogens is 312 g/mol. The Morgan fingerprint density at radius 2 is 1.43 bits per heavy atom. The lowest BCUT2D eigenvalue weighted by Gasteiger charge is -2.18. The van der Waals surface area contributed by atoms with Crippen LogP contribution in [0.3, 0.4) is 0 Å². The lowest BCUT2D eigenvalue weighted by atomic mass is 9.96. The van der Waals surface area contributed by atoms with Gasteiger partial charge >= 0.3 is 17.9 Å². The Balaban J connectivity index is 0. The van der Waals surface area contributed by atoms with Crippen molar-refractivity contribution in [2.24, 2.45) is 5.92 Å². The van der Waals surface area contributed by atoms with E-state index in [1.54, 1.807) is 0 Å². The van der Waals surface area contributed by atoms with E-state index in [1.165, 1.54) is 0 Å². The highest BCUT2D eigenvalue weighted by atomic mass is 16.4. The Morgan fingerprint density at radius 1 is 1.00 bits per heavy atom. The molecule has 0 aliphatic heterocycles. The smallest absolute Gasteiger partial charge is 0.336 e. The van der Waals surface area contributed by atoms with Crippen molar-refractivity contribution in [3.05, 3.63) is 0 Å². The zero-order chi connectivity index (χ0) is 18.6. The lowest BCUT2D eigenvalue weighted by Crippen LogP contribution is -2.42. The zero-order valence-electron chi connectivity index (χ0n) is 13.3. The third-order valence-corrected chi connectivity index (χ3v) is 3.17. The maximum Gasteiger partial charge on any atom is 0.336 e.